The van der Waals surface area contributed by atoms with Gasteiger partial charge < -0.3 is 40.4 Å². The highest BCUT2D eigenvalue weighted by molar-refractivity contribution is 6.05. The van der Waals surface area contributed by atoms with Gasteiger partial charge in [0.05, 0.1) is 23.7 Å². The molecule has 464 valence electrons. The number of aryl methyl sites for hydroxylation is 1. The van der Waals surface area contributed by atoms with Crippen LogP contribution in [0.3, 0.4) is 0 Å². The van der Waals surface area contributed by atoms with Gasteiger partial charge in [-0.3, -0.25) is 43.9 Å². The van der Waals surface area contributed by atoms with Gasteiger partial charge in [-0.15, -0.1) is 0 Å². The van der Waals surface area contributed by atoms with E-state index in [0.29, 0.717) is 74.2 Å². The van der Waals surface area contributed by atoms with E-state index in [1.807, 2.05) is 56.1 Å². The first-order valence-electron chi connectivity index (χ1n) is 29.7. The summed E-state index contributed by atoms with van der Waals surface area (Å²) in [4.78, 5) is 81.5. The van der Waals surface area contributed by atoms with Crippen LogP contribution in [0.15, 0.2) is 54.3 Å². The monoisotopic (exact) mass is 1130 g/mol. The summed E-state index contributed by atoms with van der Waals surface area (Å²) in [5.41, 5.74) is 8.35. The molecule has 0 saturated carbocycles. The minimum Gasteiger partial charge on any atom is -0.480 e. The van der Waals surface area contributed by atoms with E-state index in [2.05, 4.69) is 136 Å². The molecule has 2 fully saturated rings. The number of aliphatic carboxylic acids is 1. The van der Waals surface area contributed by atoms with E-state index < -0.39 is 11.4 Å². The van der Waals surface area contributed by atoms with E-state index in [9.17, 15) is 33.6 Å². The number of nitrogens with one attached hydrogen (secondary N) is 4. The van der Waals surface area contributed by atoms with E-state index in [4.69, 9.17) is 14.6 Å². The van der Waals surface area contributed by atoms with Gasteiger partial charge in [-0.2, -0.15) is 0 Å². The van der Waals surface area contributed by atoms with Crippen LogP contribution < -0.4 is 21.5 Å². The lowest BCUT2D eigenvalue weighted by atomic mass is 9.81. The van der Waals surface area contributed by atoms with Crippen LogP contribution in [0.4, 0.5) is 0 Å². The third-order valence-corrected chi connectivity index (χ3v) is 13.7. The Hall–Kier alpha value is -5.13. The van der Waals surface area contributed by atoms with Crippen molar-refractivity contribution in [2.24, 2.45) is 29.1 Å². The number of methoxy groups -OCH3 is 2. The van der Waals surface area contributed by atoms with Crippen molar-refractivity contribution in [2.45, 2.75) is 219 Å². The van der Waals surface area contributed by atoms with Crippen LogP contribution >= 0.6 is 0 Å². The molecule has 6 unspecified atom stereocenters. The van der Waals surface area contributed by atoms with E-state index in [0.717, 1.165) is 95.8 Å². The highest BCUT2D eigenvalue weighted by Crippen LogP contribution is 2.32. The summed E-state index contributed by atoms with van der Waals surface area (Å²) in [7, 11) is 5.62. The molecule has 0 radical (unpaired) electrons. The van der Waals surface area contributed by atoms with Gasteiger partial charge in [0.25, 0.3) is 0 Å². The fraction of sp³-hybridized carbons (Fsp3) is 0.730. The van der Waals surface area contributed by atoms with Crippen molar-refractivity contribution in [1.82, 2.24) is 36.2 Å². The van der Waals surface area contributed by atoms with Crippen LogP contribution in [0, 0.1) is 36.0 Å². The first-order valence-corrected chi connectivity index (χ1v) is 29.7. The molecule has 0 aromatic heterocycles. The largest absolute Gasteiger partial charge is 0.480 e. The number of carboxylic acids is 1. The van der Waals surface area contributed by atoms with Crippen molar-refractivity contribution in [1.29, 1.82) is 0 Å². The molecule has 2 saturated heterocycles. The molecule has 1 aromatic rings. The number of ether oxygens (including phenoxy) is 2. The molecular weight excluding hydrogens is 1010 g/mol. The summed E-state index contributed by atoms with van der Waals surface area (Å²) in [6, 6.07) is 11.1. The Morgan fingerprint density at radius 1 is 0.838 bits per heavy atom. The number of likely N-dealkylation sites (tertiary alicyclic amines) is 2. The Labute approximate surface area is 486 Å². The van der Waals surface area contributed by atoms with Gasteiger partial charge in [0.15, 0.2) is 0 Å². The Morgan fingerprint density at radius 3 is 1.84 bits per heavy atom. The number of rotatable bonds is 31. The lowest BCUT2D eigenvalue weighted by Gasteiger charge is -2.30. The molecule has 17 nitrogen and oxygen atoms in total. The zero-order valence-corrected chi connectivity index (χ0v) is 53.7. The van der Waals surface area contributed by atoms with Crippen molar-refractivity contribution in [3.05, 3.63) is 59.8 Å². The normalized spacial score (nSPS) is 16.0. The van der Waals surface area contributed by atoms with Gasteiger partial charge in [-0.1, -0.05) is 163 Å². The number of nitrogens with zero attached hydrogens (tertiary/aromatic N) is 3. The minimum atomic E-state index is -1.04. The zero-order chi connectivity index (χ0) is 62.2. The average Bonchev–Trinajstić information content (AvgIpc) is 3.97. The van der Waals surface area contributed by atoms with Crippen molar-refractivity contribution >= 4 is 42.9 Å². The lowest BCUT2D eigenvalue weighted by molar-refractivity contribution is -0.141. The van der Waals surface area contributed by atoms with Crippen LogP contribution in [0.25, 0.3) is 0 Å². The maximum absolute atomic E-state index is 12.2. The Bertz CT molecular complexity index is 1810. The first kappa shape index (κ1) is 81.3. The van der Waals surface area contributed by atoms with Gasteiger partial charge in [-0.25, -0.2) is 0 Å². The fourth-order valence-corrected chi connectivity index (χ4v) is 9.02. The second kappa shape index (κ2) is 50.8. The summed E-state index contributed by atoms with van der Waals surface area (Å²) in [6.07, 6.45) is 16.5. The van der Waals surface area contributed by atoms with Crippen molar-refractivity contribution in [3.8, 4) is 0 Å². The molecule has 3 rings (SSSR count). The van der Waals surface area contributed by atoms with Gasteiger partial charge >= 0.3 is 5.97 Å². The minimum absolute atomic E-state index is 0.0320. The summed E-state index contributed by atoms with van der Waals surface area (Å²) in [5.74, 6) is 0.939. The molecule has 2 heterocycles. The Morgan fingerprint density at radius 2 is 1.43 bits per heavy atom. The van der Waals surface area contributed by atoms with Crippen molar-refractivity contribution in [2.75, 3.05) is 54.0 Å². The highest BCUT2D eigenvalue weighted by atomic mass is 16.5. The average molecular weight is 1130 g/mol. The quantitative estimate of drug-likeness (QED) is 0.0154. The van der Waals surface area contributed by atoms with Gasteiger partial charge in [0.1, 0.15) is 6.54 Å². The molecule has 6 atom stereocenters. The van der Waals surface area contributed by atoms with Gasteiger partial charge in [0, 0.05) is 58.4 Å². The maximum atomic E-state index is 12.2. The van der Waals surface area contributed by atoms with Gasteiger partial charge in [0.2, 0.25) is 37.0 Å². The van der Waals surface area contributed by atoms with E-state index >= 15 is 0 Å². The molecule has 5 N–H and O–H groups in total. The SMILES string of the molecule is C=C(CCCCCN1C(=O)CC(C)(C)C1=O)NNC(=O)CCCN(C)C(C)C(C)C.CC.CCC.CCC(/C=C(\C)CNC=O)C(CC)C(CC)OC.COC(C(C)C)C1CCCN1C=O.Cc1ccccc1.O=CNCC(=O)O. The van der Waals surface area contributed by atoms with Crippen LogP contribution in [0.1, 0.15) is 193 Å². The predicted molar refractivity (Wildman–Crippen MR) is 328 cm³/mol. The molecule has 0 bridgehead atoms. The number of unbranched alkanes of at least 4 members (excludes halogenated alkanes) is 2. The molecule has 2 aliphatic heterocycles. The van der Waals surface area contributed by atoms with E-state index in [-0.39, 0.29) is 30.4 Å². The number of carboxylic acid groups (broad SMARTS) is 1. The second-order valence-electron chi connectivity index (χ2n) is 21.7. The summed E-state index contributed by atoms with van der Waals surface area (Å²) in [5, 5.41) is 12.5. The summed E-state index contributed by atoms with van der Waals surface area (Å²) in [6.45, 7) is 40.1. The molecule has 2 aliphatic rings. The standard InChI is InChI=1S/C23H42N4O3.C15H29NO2.C10H19NO2.C7H8.C3H5NO3.C3H8.C2H6/c1-17(2)19(4)26(7)14-11-13-20(28)25-24-18(3)12-9-8-10-15-27-21(29)16-23(5,6)22(27)30;1-6-13(9-12(4)10-16-11-17)14(7-2)15(8-3)18-5;1-8(2)10(13-3)9-5-4-6-11(9)7-12;1-7-5-3-2-4-6-7;5-2-4-1-3(6)7;1-3-2;1-2/h17,19,24H,3,8-16H2,1-2,4-7H3,(H,25,28);9,11,13-15H,6-8,10H2,1-5H3,(H,16,17);7-10H,4-6H2,1-3H3;2-6H,1H3;2H,1H2,(H,4,5)(H,6,7);3H2,1-2H3;1-2H3/b;12-9+;;;;;. The van der Waals surface area contributed by atoms with Crippen LogP contribution in [0.5, 0.6) is 0 Å². The Kier molecular flexibility index (Phi) is 51.7. The zero-order valence-electron chi connectivity index (χ0n) is 53.7. The van der Waals surface area contributed by atoms with Crippen LogP contribution in [-0.2, 0) is 43.0 Å². The molecular formula is C63H117N7O10. The van der Waals surface area contributed by atoms with E-state index in [1.165, 1.54) is 22.5 Å². The number of hydrogen-bond donors (Lipinski definition) is 5. The van der Waals surface area contributed by atoms with Crippen LogP contribution in [0.2, 0.25) is 0 Å². The number of hydrogen-bond acceptors (Lipinski definition) is 11. The maximum Gasteiger partial charge on any atom is 0.322 e. The third-order valence-electron chi connectivity index (χ3n) is 13.7. The lowest BCUT2D eigenvalue weighted by Crippen LogP contribution is -2.42. The fourth-order valence-electron chi connectivity index (χ4n) is 9.02. The summed E-state index contributed by atoms with van der Waals surface area (Å²) < 4.78 is 11.0. The number of hydrazine groups is 1. The number of carbonyl (C=O) groups is 7. The second-order valence-corrected chi connectivity index (χ2v) is 21.7. The summed E-state index contributed by atoms with van der Waals surface area (Å²) >= 11 is 0. The number of allylic oxidation sites excluding steroid dienone is 2. The molecule has 1 aromatic carbocycles. The molecule has 0 spiro atoms. The predicted octanol–water partition coefficient (Wildman–Crippen LogP) is 10.9. The number of amides is 6. The Balaban J connectivity index is -0.000000488. The number of imide groups is 1. The van der Waals surface area contributed by atoms with Crippen LogP contribution in [-0.4, -0.2) is 141 Å². The molecule has 80 heavy (non-hydrogen) atoms. The molecule has 17 heteroatoms. The molecule has 6 amide bonds. The number of benzene rings is 1. The van der Waals surface area contributed by atoms with E-state index in [1.54, 1.807) is 14.2 Å². The highest BCUT2D eigenvalue weighted by Gasteiger charge is 2.44. The van der Waals surface area contributed by atoms with Crippen molar-refractivity contribution in [3.63, 3.8) is 0 Å². The number of carbonyl (C=O) groups excluding carboxylic acids is 6. The topological polar surface area (TPSA) is 216 Å². The third kappa shape index (κ3) is 38.5. The smallest absolute Gasteiger partial charge is 0.322 e. The van der Waals surface area contributed by atoms with Gasteiger partial charge in [-0.05, 0) is 109 Å². The molecule has 0 aliphatic carbocycles. The van der Waals surface area contributed by atoms with Crippen molar-refractivity contribution < 1.29 is 48.1 Å². The first-order chi connectivity index (χ1) is 37.9.